The van der Waals surface area contributed by atoms with Gasteiger partial charge in [-0.15, -0.1) is 0 Å². The molecule has 0 aliphatic heterocycles. The van der Waals surface area contributed by atoms with Crippen molar-refractivity contribution in [3.8, 4) is 0 Å². The van der Waals surface area contributed by atoms with Crippen molar-refractivity contribution >= 4 is 40.5 Å². The Kier molecular flexibility index (Phi) is 4.92. The largest absolute Gasteiger partial charge is 0.326 e. The molecule has 0 aliphatic rings. The lowest BCUT2D eigenvalue weighted by molar-refractivity contribution is -0.384. The van der Waals surface area contributed by atoms with Crippen molar-refractivity contribution in [3.05, 3.63) is 63.2 Å². The van der Waals surface area contributed by atoms with E-state index in [-0.39, 0.29) is 22.2 Å². The van der Waals surface area contributed by atoms with E-state index in [9.17, 15) is 19.7 Å². The number of nitro benzene ring substituents is 1. The molecule has 0 saturated carbocycles. The Morgan fingerprint density at radius 2 is 1.74 bits per heavy atom. The lowest BCUT2D eigenvalue weighted by Gasteiger charge is -2.09. The van der Waals surface area contributed by atoms with Crippen LogP contribution in [0.2, 0.25) is 5.02 Å². The molecule has 23 heavy (non-hydrogen) atoms. The molecule has 2 aromatic carbocycles. The molecule has 118 valence electrons. The van der Waals surface area contributed by atoms with E-state index in [0.29, 0.717) is 11.4 Å². The summed E-state index contributed by atoms with van der Waals surface area (Å²) >= 11 is 5.92. The van der Waals surface area contributed by atoms with Gasteiger partial charge in [0.05, 0.1) is 15.5 Å². The number of nitrogens with zero attached hydrogens (tertiary/aromatic N) is 1. The summed E-state index contributed by atoms with van der Waals surface area (Å²) in [7, 11) is 0. The molecular formula is C15H12ClN3O4. The second-order valence-corrected chi connectivity index (χ2v) is 5.04. The van der Waals surface area contributed by atoms with E-state index in [0.717, 1.165) is 6.07 Å². The molecule has 0 fully saturated rings. The zero-order valence-corrected chi connectivity index (χ0v) is 12.8. The van der Waals surface area contributed by atoms with E-state index in [4.69, 9.17) is 11.6 Å². The normalized spacial score (nSPS) is 10.0. The fourth-order valence-electron chi connectivity index (χ4n) is 1.88. The third-order valence-electron chi connectivity index (χ3n) is 2.85. The van der Waals surface area contributed by atoms with Gasteiger partial charge < -0.3 is 10.6 Å². The third kappa shape index (κ3) is 4.27. The first-order valence-corrected chi connectivity index (χ1v) is 6.87. The average molecular weight is 334 g/mol. The Morgan fingerprint density at radius 3 is 2.35 bits per heavy atom. The number of amides is 2. The zero-order valence-electron chi connectivity index (χ0n) is 12.0. The highest BCUT2D eigenvalue weighted by atomic mass is 35.5. The molecular weight excluding hydrogens is 322 g/mol. The smallest absolute Gasteiger partial charge is 0.270 e. The summed E-state index contributed by atoms with van der Waals surface area (Å²) in [4.78, 5) is 33.4. The highest BCUT2D eigenvalue weighted by Gasteiger charge is 2.16. The molecule has 8 heteroatoms. The van der Waals surface area contributed by atoms with Crippen LogP contribution in [0.5, 0.6) is 0 Å². The summed E-state index contributed by atoms with van der Waals surface area (Å²) in [6, 6.07) is 10.1. The molecule has 0 radical (unpaired) electrons. The molecule has 2 N–H and O–H groups in total. The summed E-state index contributed by atoms with van der Waals surface area (Å²) in [5, 5.41) is 16.1. The molecule has 0 saturated heterocycles. The first-order chi connectivity index (χ1) is 10.9. The zero-order chi connectivity index (χ0) is 17.0. The van der Waals surface area contributed by atoms with Crippen LogP contribution in [0.25, 0.3) is 0 Å². The maximum Gasteiger partial charge on any atom is 0.270 e. The molecule has 0 heterocycles. The van der Waals surface area contributed by atoms with Crippen LogP contribution in [0.3, 0.4) is 0 Å². The number of rotatable bonds is 4. The fourth-order valence-corrected chi connectivity index (χ4v) is 2.08. The molecule has 0 unspecified atom stereocenters. The summed E-state index contributed by atoms with van der Waals surface area (Å²) in [6.45, 7) is 1.37. The number of carbonyl (C=O) groups is 2. The van der Waals surface area contributed by atoms with Crippen molar-refractivity contribution < 1.29 is 14.5 Å². The number of carbonyl (C=O) groups excluding carboxylic acids is 2. The van der Waals surface area contributed by atoms with E-state index in [1.165, 1.54) is 19.1 Å². The van der Waals surface area contributed by atoms with Crippen LogP contribution >= 0.6 is 11.6 Å². The summed E-state index contributed by atoms with van der Waals surface area (Å²) < 4.78 is 0. The minimum atomic E-state index is -0.607. The Balaban J connectivity index is 2.24. The van der Waals surface area contributed by atoms with Crippen LogP contribution in [-0.4, -0.2) is 16.7 Å². The predicted molar refractivity (Wildman–Crippen MR) is 86.8 cm³/mol. The SMILES string of the molecule is CC(=O)Nc1cccc(NC(=O)c2cc([N+](=O)[O-])ccc2Cl)c1. The van der Waals surface area contributed by atoms with E-state index in [1.807, 2.05) is 0 Å². The molecule has 0 aliphatic carbocycles. The standard InChI is InChI=1S/C15H12ClN3O4/c1-9(20)17-10-3-2-4-11(7-10)18-15(21)13-8-12(19(22)23)5-6-14(13)16/h2-8H,1H3,(H,17,20)(H,18,21). The van der Waals surface area contributed by atoms with Gasteiger partial charge in [-0.2, -0.15) is 0 Å². The predicted octanol–water partition coefficient (Wildman–Crippen LogP) is 3.46. The van der Waals surface area contributed by atoms with Gasteiger partial charge in [-0.25, -0.2) is 0 Å². The number of nitrogens with one attached hydrogen (secondary N) is 2. The lowest BCUT2D eigenvalue weighted by atomic mass is 10.1. The second-order valence-electron chi connectivity index (χ2n) is 4.64. The van der Waals surface area contributed by atoms with Gasteiger partial charge in [0.2, 0.25) is 5.91 Å². The number of halogens is 1. The van der Waals surface area contributed by atoms with Gasteiger partial charge in [0, 0.05) is 30.4 Å². The van der Waals surface area contributed by atoms with Gasteiger partial charge in [-0.1, -0.05) is 17.7 Å². The topological polar surface area (TPSA) is 101 Å². The lowest BCUT2D eigenvalue weighted by Crippen LogP contribution is -2.13. The van der Waals surface area contributed by atoms with Crippen LogP contribution in [0.4, 0.5) is 17.1 Å². The molecule has 7 nitrogen and oxygen atoms in total. The van der Waals surface area contributed by atoms with Crippen molar-refractivity contribution in [1.82, 2.24) is 0 Å². The van der Waals surface area contributed by atoms with Crippen LogP contribution in [-0.2, 0) is 4.79 Å². The number of nitro groups is 1. The minimum absolute atomic E-state index is 0.00852. The first kappa shape index (κ1) is 16.4. The van der Waals surface area contributed by atoms with Crippen LogP contribution in [0.15, 0.2) is 42.5 Å². The fraction of sp³-hybridized carbons (Fsp3) is 0.0667. The van der Waals surface area contributed by atoms with Gasteiger partial charge in [-0.05, 0) is 24.3 Å². The number of anilines is 2. The average Bonchev–Trinajstić information content (AvgIpc) is 2.46. The van der Waals surface area contributed by atoms with Crippen LogP contribution < -0.4 is 10.6 Å². The van der Waals surface area contributed by atoms with E-state index < -0.39 is 10.8 Å². The number of benzene rings is 2. The molecule has 2 amide bonds. The Hall–Kier alpha value is -2.93. The Bertz CT molecular complexity index is 792. The molecule has 2 aromatic rings. The van der Waals surface area contributed by atoms with Crippen molar-refractivity contribution in [1.29, 1.82) is 0 Å². The summed E-state index contributed by atoms with van der Waals surface area (Å²) in [5.74, 6) is -0.825. The first-order valence-electron chi connectivity index (χ1n) is 6.50. The van der Waals surface area contributed by atoms with Gasteiger partial charge in [-0.3, -0.25) is 19.7 Å². The van der Waals surface area contributed by atoms with Gasteiger partial charge in [0.25, 0.3) is 11.6 Å². The summed E-state index contributed by atoms with van der Waals surface area (Å²) in [6.07, 6.45) is 0. The molecule has 0 atom stereocenters. The second kappa shape index (κ2) is 6.89. The Morgan fingerprint density at radius 1 is 1.09 bits per heavy atom. The minimum Gasteiger partial charge on any atom is -0.326 e. The third-order valence-corrected chi connectivity index (χ3v) is 3.18. The van der Waals surface area contributed by atoms with Crippen LogP contribution in [0.1, 0.15) is 17.3 Å². The molecule has 0 aromatic heterocycles. The Labute approximate surface area is 136 Å². The van der Waals surface area contributed by atoms with E-state index in [2.05, 4.69) is 10.6 Å². The van der Waals surface area contributed by atoms with Crippen molar-refractivity contribution in [2.24, 2.45) is 0 Å². The van der Waals surface area contributed by atoms with Gasteiger partial charge >= 0.3 is 0 Å². The highest BCUT2D eigenvalue weighted by Crippen LogP contribution is 2.23. The van der Waals surface area contributed by atoms with Crippen molar-refractivity contribution in [3.63, 3.8) is 0 Å². The molecule has 2 rings (SSSR count). The monoisotopic (exact) mass is 333 g/mol. The van der Waals surface area contributed by atoms with Gasteiger partial charge in [0.15, 0.2) is 0 Å². The van der Waals surface area contributed by atoms with Gasteiger partial charge in [0.1, 0.15) is 0 Å². The van der Waals surface area contributed by atoms with E-state index in [1.54, 1.807) is 24.3 Å². The number of hydrogen-bond donors (Lipinski definition) is 2. The van der Waals surface area contributed by atoms with Crippen LogP contribution in [0, 0.1) is 10.1 Å². The maximum atomic E-state index is 12.2. The van der Waals surface area contributed by atoms with Crippen molar-refractivity contribution in [2.75, 3.05) is 10.6 Å². The molecule has 0 spiro atoms. The summed E-state index contributed by atoms with van der Waals surface area (Å²) in [5.41, 5.74) is 0.696. The van der Waals surface area contributed by atoms with Crippen molar-refractivity contribution in [2.45, 2.75) is 6.92 Å². The van der Waals surface area contributed by atoms with E-state index >= 15 is 0 Å². The highest BCUT2D eigenvalue weighted by molar-refractivity contribution is 6.34. The molecule has 0 bridgehead atoms. The number of non-ortho nitro benzene ring substituents is 1. The maximum absolute atomic E-state index is 12.2. The number of hydrogen-bond acceptors (Lipinski definition) is 4. The quantitative estimate of drug-likeness (QED) is 0.660.